The maximum Gasteiger partial charge on any atom is 0.0949 e. The number of ether oxygens (including phenoxy) is 2. The van der Waals surface area contributed by atoms with Gasteiger partial charge in [-0.2, -0.15) is 0 Å². The van der Waals surface area contributed by atoms with E-state index < -0.39 is 0 Å². The third kappa shape index (κ3) is 7.06. The molecule has 108 valence electrons. The third-order valence-electron chi connectivity index (χ3n) is 2.74. The molecule has 0 heterocycles. The predicted octanol–water partition coefficient (Wildman–Crippen LogP) is 3.54. The molecule has 3 nitrogen and oxygen atoms in total. The molecule has 0 saturated carbocycles. The van der Waals surface area contributed by atoms with E-state index in [1.807, 2.05) is 12.1 Å². The highest BCUT2D eigenvalue weighted by Crippen LogP contribution is 2.21. The molecule has 1 aromatic carbocycles. The first-order valence-electron chi connectivity index (χ1n) is 6.73. The summed E-state index contributed by atoms with van der Waals surface area (Å²) in [6.45, 7) is 6.56. The summed E-state index contributed by atoms with van der Waals surface area (Å²) in [6.07, 6.45) is 1.000. The van der Waals surface area contributed by atoms with Gasteiger partial charge in [-0.25, -0.2) is 0 Å². The van der Waals surface area contributed by atoms with E-state index in [9.17, 15) is 0 Å². The highest BCUT2D eigenvalue weighted by Gasteiger charge is 2.12. The Bertz CT molecular complexity index is 358. The van der Waals surface area contributed by atoms with Crippen LogP contribution in [0, 0.1) is 0 Å². The van der Waals surface area contributed by atoms with Gasteiger partial charge in [0.1, 0.15) is 0 Å². The van der Waals surface area contributed by atoms with E-state index in [1.54, 1.807) is 7.11 Å². The molecular formula is C15H24BrNO2. The van der Waals surface area contributed by atoms with Gasteiger partial charge in [-0.3, -0.25) is 0 Å². The lowest BCUT2D eigenvalue weighted by atomic mass is 10.1. The van der Waals surface area contributed by atoms with Crippen LogP contribution in [0.25, 0.3) is 0 Å². The van der Waals surface area contributed by atoms with Gasteiger partial charge in [0, 0.05) is 37.4 Å². The number of hydrogen-bond acceptors (Lipinski definition) is 3. The number of hydrogen-bond donors (Lipinski definition) is 1. The van der Waals surface area contributed by atoms with E-state index in [0.717, 1.165) is 24.0 Å². The molecule has 0 aliphatic rings. The summed E-state index contributed by atoms with van der Waals surface area (Å²) in [6, 6.07) is 8.75. The molecule has 0 bridgehead atoms. The minimum absolute atomic E-state index is 0.0803. The van der Waals surface area contributed by atoms with Gasteiger partial charge in [-0.15, -0.1) is 0 Å². The zero-order valence-corrected chi connectivity index (χ0v) is 13.6. The lowest BCUT2D eigenvalue weighted by Crippen LogP contribution is -2.29. The molecular weight excluding hydrogens is 306 g/mol. The number of halogens is 1. The van der Waals surface area contributed by atoms with Crippen molar-refractivity contribution in [2.75, 3.05) is 26.9 Å². The first kappa shape index (κ1) is 16.6. The molecule has 0 aliphatic carbocycles. The molecule has 0 fully saturated rings. The number of nitrogens with one attached hydrogen (secondary N) is 1. The van der Waals surface area contributed by atoms with Crippen LogP contribution in [0.1, 0.15) is 31.9 Å². The van der Waals surface area contributed by atoms with Crippen LogP contribution in [-0.4, -0.2) is 32.9 Å². The Morgan fingerprint density at radius 2 is 2.05 bits per heavy atom. The quantitative estimate of drug-likeness (QED) is 0.703. The van der Waals surface area contributed by atoms with Crippen LogP contribution in [0.5, 0.6) is 0 Å². The molecule has 1 aromatic rings. The fourth-order valence-electron chi connectivity index (χ4n) is 1.75. The van der Waals surface area contributed by atoms with E-state index in [-0.39, 0.29) is 6.10 Å². The molecule has 1 N–H and O–H groups in total. The maximum absolute atomic E-state index is 5.97. The molecule has 0 saturated heterocycles. The van der Waals surface area contributed by atoms with Crippen molar-refractivity contribution in [3.63, 3.8) is 0 Å². The van der Waals surface area contributed by atoms with Gasteiger partial charge < -0.3 is 14.8 Å². The van der Waals surface area contributed by atoms with Crippen molar-refractivity contribution in [2.45, 2.75) is 32.4 Å². The fraction of sp³-hybridized carbons (Fsp3) is 0.600. The number of methoxy groups -OCH3 is 1. The van der Waals surface area contributed by atoms with Crippen molar-refractivity contribution in [1.29, 1.82) is 0 Å². The van der Waals surface area contributed by atoms with E-state index >= 15 is 0 Å². The molecule has 0 aliphatic heterocycles. The topological polar surface area (TPSA) is 30.5 Å². The molecule has 1 rings (SSSR count). The lowest BCUT2D eigenvalue weighted by molar-refractivity contribution is 0.0377. The normalized spacial score (nSPS) is 12.9. The van der Waals surface area contributed by atoms with E-state index in [2.05, 4.69) is 47.2 Å². The van der Waals surface area contributed by atoms with Gasteiger partial charge in [0.25, 0.3) is 0 Å². The van der Waals surface area contributed by atoms with E-state index in [0.29, 0.717) is 12.6 Å². The van der Waals surface area contributed by atoms with Gasteiger partial charge in [-0.05, 0) is 24.1 Å². The van der Waals surface area contributed by atoms with Crippen molar-refractivity contribution < 1.29 is 9.47 Å². The van der Waals surface area contributed by atoms with Gasteiger partial charge in [0.15, 0.2) is 0 Å². The summed E-state index contributed by atoms with van der Waals surface area (Å²) in [5, 5.41) is 3.43. The molecule has 0 radical (unpaired) electrons. The Morgan fingerprint density at radius 3 is 2.68 bits per heavy atom. The second-order valence-corrected chi connectivity index (χ2v) is 5.74. The molecule has 4 heteroatoms. The highest BCUT2D eigenvalue weighted by molar-refractivity contribution is 9.10. The van der Waals surface area contributed by atoms with Crippen molar-refractivity contribution in [3.05, 3.63) is 34.3 Å². The van der Waals surface area contributed by atoms with Crippen LogP contribution in [0.2, 0.25) is 0 Å². The van der Waals surface area contributed by atoms with Crippen LogP contribution in [0.3, 0.4) is 0 Å². The standard InChI is InChI=1S/C15H24BrNO2/c1-12(2)17-11-15(19-9-5-8-18-3)13-6-4-7-14(16)10-13/h4,6-7,10,12,15,17H,5,8-9,11H2,1-3H3. The highest BCUT2D eigenvalue weighted by atomic mass is 79.9. The Kier molecular flexibility index (Phi) is 8.30. The van der Waals surface area contributed by atoms with Gasteiger partial charge >= 0.3 is 0 Å². The number of rotatable bonds is 9. The minimum atomic E-state index is 0.0803. The summed E-state index contributed by atoms with van der Waals surface area (Å²) >= 11 is 3.51. The maximum atomic E-state index is 5.97. The Hall–Kier alpha value is -0.420. The monoisotopic (exact) mass is 329 g/mol. The molecule has 19 heavy (non-hydrogen) atoms. The van der Waals surface area contributed by atoms with Crippen molar-refractivity contribution in [3.8, 4) is 0 Å². The van der Waals surface area contributed by atoms with Crippen molar-refractivity contribution in [2.24, 2.45) is 0 Å². The van der Waals surface area contributed by atoms with Gasteiger partial charge in [-0.1, -0.05) is 41.9 Å². The SMILES string of the molecule is COCCCOC(CNC(C)C)c1cccc(Br)c1. The van der Waals surface area contributed by atoms with E-state index in [4.69, 9.17) is 9.47 Å². The molecule has 0 spiro atoms. The summed E-state index contributed by atoms with van der Waals surface area (Å²) < 4.78 is 12.1. The summed E-state index contributed by atoms with van der Waals surface area (Å²) in [5.41, 5.74) is 1.19. The largest absolute Gasteiger partial charge is 0.385 e. The van der Waals surface area contributed by atoms with E-state index in [1.165, 1.54) is 5.56 Å². The van der Waals surface area contributed by atoms with Crippen LogP contribution in [-0.2, 0) is 9.47 Å². The lowest BCUT2D eigenvalue weighted by Gasteiger charge is -2.20. The van der Waals surface area contributed by atoms with Crippen LogP contribution >= 0.6 is 15.9 Å². The molecule has 1 unspecified atom stereocenters. The Labute approximate surface area is 124 Å². The Morgan fingerprint density at radius 1 is 1.26 bits per heavy atom. The van der Waals surface area contributed by atoms with Gasteiger partial charge in [0.05, 0.1) is 6.10 Å². The second kappa shape index (κ2) is 9.48. The predicted molar refractivity (Wildman–Crippen MR) is 82.5 cm³/mol. The summed E-state index contributed by atoms with van der Waals surface area (Å²) in [5.74, 6) is 0. The van der Waals surface area contributed by atoms with Crippen molar-refractivity contribution >= 4 is 15.9 Å². The number of benzene rings is 1. The second-order valence-electron chi connectivity index (χ2n) is 4.82. The van der Waals surface area contributed by atoms with Crippen LogP contribution in [0.15, 0.2) is 28.7 Å². The van der Waals surface area contributed by atoms with Crippen LogP contribution < -0.4 is 5.32 Å². The molecule has 0 amide bonds. The smallest absolute Gasteiger partial charge is 0.0949 e. The fourth-order valence-corrected chi connectivity index (χ4v) is 2.17. The zero-order valence-electron chi connectivity index (χ0n) is 12.0. The minimum Gasteiger partial charge on any atom is -0.385 e. The zero-order chi connectivity index (χ0) is 14.1. The first-order valence-corrected chi connectivity index (χ1v) is 7.52. The average Bonchev–Trinajstić information content (AvgIpc) is 2.37. The summed E-state index contributed by atoms with van der Waals surface area (Å²) in [4.78, 5) is 0. The first-order chi connectivity index (χ1) is 9.13. The van der Waals surface area contributed by atoms with Gasteiger partial charge in [0.2, 0.25) is 0 Å². The van der Waals surface area contributed by atoms with Crippen LogP contribution in [0.4, 0.5) is 0 Å². The third-order valence-corrected chi connectivity index (χ3v) is 3.24. The average molecular weight is 330 g/mol. The summed E-state index contributed by atoms with van der Waals surface area (Å²) in [7, 11) is 1.71. The Balaban J connectivity index is 2.57. The molecule has 0 aromatic heterocycles. The van der Waals surface area contributed by atoms with Crippen molar-refractivity contribution in [1.82, 2.24) is 5.32 Å². The molecule has 1 atom stereocenters.